The van der Waals surface area contributed by atoms with Gasteiger partial charge in [0.1, 0.15) is 6.54 Å². The molecule has 1 aromatic heterocycles. The molecule has 128 valence electrons. The number of hydrogen-bond acceptors (Lipinski definition) is 5. The fraction of sp³-hybridized carbons (Fsp3) is 0.222. The number of rotatable bonds is 6. The average molecular weight is 336 g/mol. The fourth-order valence-corrected chi connectivity index (χ4v) is 2.31. The molecule has 0 radical (unpaired) electrons. The molecule has 0 fully saturated rings. The van der Waals surface area contributed by atoms with Gasteiger partial charge < -0.3 is 10.2 Å². The van der Waals surface area contributed by atoms with E-state index in [0.717, 1.165) is 16.8 Å². The van der Waals surface area contributed by atoms with Gasteiger partial charge in [0, 0.05) is 31.9 Å². The minimum absolute atomic E-state index is 0.0373. The molecule has 1 N–H and O–H groups in total. The first kappa shape index (κ1) is 16.6. The Kier molecular flexibility index (Phi) is 5.03. The van der Waals surface area contributed by atoms with E-state index in [1.165, 1.54) is 4.80 Å². The summed E-state index contributed by atoms with van der Waals surface area (Å²) in [5, 5.41) is 15.0. The van der Waals surface area contributed by atoms with Gasteiger partial charge in [-0.2, -0.15) is 4.80 Å². The molecule has 0 atom stereocenters. The summed E-state index contributed by atoms with van der Waals surface area (Å²) >= 11 is 0. The number of carbonyl (C=O) groups is 1. The smallest absolute Gasteiger partial charge is 0.243 e. The summed E-state index contributed by atoms with van der Waals surface area (Å²) in [4.78, 5) is 15.4. The van der Waals surface area contributed by atoms with Crippen molar-refractivity contribution in [1.82, 2.24) is 25.5 Å². The zero-order chi connectivity index (χ0) is 17.6. The molecule has 3 aromatic rings. The van der Waals surface area contributed by atoms with Crippen molar-refractivity contribution in [3.63, 3.8) is 0 Å². The van der Waals surface area contributed by atoms with Gasteiger partial charge >= 0.3 is 0 Å². The molecule has 1 amide bonds. The predicted molar refractivity (Wildman–Crippen MR) is 95.9 cm³/mol. The molecule has 3 rings (SSSR count). The van der Waals surface area contributed by atoms with Crippen LogP contribution in [0.4, 0.5) is 5.69 Å². The van der Waals surface area contributed by atoms with Gasteiger partial charge in [-0.15, -0.1) is 10.2 Å². The maximum absolute atomic E-state index is 12.1. The number of tetrazole rings is 1. The van der Waals surface area contributed by atoms with E-state index in [9.17, 15) is 4.79 Å². The largest absolute Gasteiger partial charge is 0.378 e. The Bertz CT molecular complexity index is 826. The molecular weight excluding hydrogens is 316 g/mol. The molecule has 0 aliphatic heterocycles. The number of hydrogen-bond donors (Lipinski definition) is 1. The molecule has 0 saturated carbocycles. The zero-order valence-corrected chi connectivity index (χ0v) is 14.3. The van der Waals surface area contributed by atoms with Crippen molar-refractivity contribution in [2.45, 2.75) is 13.1 Å². The first-order chi connectivity index (χ1) is 12.1. The lowest BCUT2D eigenvalue weighted by Gasteiger charge is -2.12. The van der Waals surface area contributed by atoms with Crippen LogP contribution in [0.15, 0.2) is 54.6 Å². The molecule has 2 aromatic carbocycles. The molecule has 0 unspecified atom stereocenters. The first-order valence-electron chi connectivity index (χ1n) is 7.98. The van der Waals surface area contributed by atoms with E-state index in [-0.39, 0.29) is 12.5 Å². The van der Waals surface area contributed by atoms with Gasteiger partial charge in [-0.1, -0.05) is 42.5 Å². The second-order valence-corrected chi connectivity index (χ2v) is 5.85. The van der Waals surface area contributed by atoms with Crippen molar-refractivity contribution in [3.05, 3.63) is 60.2 Å². The Morgan fingerprint density at radius 3 is 2.48 bits per heavy atom. The number of benzene rings is 2. The number of nitrogens with zero attached hydrogens (tertiary/aromatic N) is 5. The Morgan fingerprint density at radius 1 is 1.08 bits per heavy atom. The third-order valence-electron chi connectivity index (χ3n) is 3.71. The summed E-state index contributed by atoms with van der Waals surface area (Å²) in [5.74, 6) is 0.348. The van der Waals surface area contributed by atoms with Crippen molar-refractivity contribution >= 4 is 11.6 Å². The summed E-state index contributed by atoms with van der Waals surface area (Å²) < 4.78 is 0. The number of amides is 1. The summed E-state index contributed by atoms with van der Waals surface area (Å²) in [6, 6.07) is 17.6. The quantitative estimate of drug-likeness (QED) is 0.742. The van der Waals surface area contributed by atoms with Crippen LogP contribution in [0.3, 0.4) is 0 Å². The predicted octanol–water partition coefficient (Wildman–Crippen LogP) is 1.72. The van der Waals surface area contributed by atoms with Gasteiger partial charge in [0.25, 0.3) is 0 Å². The number of carbonyl (C=O) groups excluding carboxylic acids is 1. The van der Waals surface area contributed by atoms with Crippen LogP contribution in [0.25, 0.3) is 11.4 Å². The van der Waals surface area contributed by atoms with Crippen molar-refractivity contribution in [2.75, 3.05) is 19.0 Å². The van der Waals surface area contributed by atoms with E-state index in [1.54, 1.807) is 0 Å². The molecule has 1 heterocycles. The van der Waals surface area contributed by atoms with Gasteiger partial charge in [0.15, 0.2) is 0 Å². The number of nitrogens with one attached hydrogen (secondary N) is 1. The monoisotopic (exact) mass is 336 g/mol. The molecule has 7 nitrogen and oxygen atoms in total. The van der Waals surface area contributed by atoms with Crippen LogP contribution in [0.2, 0.25) is 0 Å². The molecule has 0 spiro atoms. The fourth-order valence-electron chi connectivity index (χ4n) is 2.31. The highest BCUT2D eigenvalue weighted by Crippen LogP contribution is 2.12. The molecule has 0 bridgehead atoms. The summed E-state index contributed by atoms with van der Waals surface area (Å²) in [5.41, 5.74) is 3.03. The van der Waals surface area contributed by atoms with Gasteiger partial charge in [0.2, 0.25) is 11.7 Å². The van der Waals surface area contributed by atoms with E-state index in [0.29, 0.717) is 12.4 Å². The lowest BCUT2D eigenvalue weighted by molar-refractivity contribution is -0.122. The third kappa shape index (κ3) is 4.41. The highest BCUT2D eigenvalue weighted by Gasteiger charge is 2.09. The minimum atomic E-state index is -0.159. The molecule has 0 aliphatic rings. The summed E-state index contributed by atoms with van der Waals surface area (Å²) in [7, 11) is 3.98. The second-order valence-electron chi connectivity index (χ2n) is 5.85. The third-order valence-corrected chi connectivity index (χ3v) is 3.71. The minimum Gasteiger partial charge on any atom is -0.378 e. The van der Waals surface area contributed by atoms with Crippen LogP contribution >= 0.6 is 0 Å². The van der Waals surface area contributed by atoms with E-state index in [2.05, 4.69) is 20.7 Å². The van der Waals surface area contributed by atoms with Crippen molar-refractivity contribution in [2.24, 2.45) is 0 Å². The molecule has 0 aliphatic carbocycles. The summed E-state index contributed by atoms with van der Waals surface area (Å²) in [6.45, 7) is 0.502. The highest BCUT2D eigenvalue weighted by atomic mass is 16.2. The van der Waals surface area contributed by atoms with Crippen LogP contribution in [0, 0.1) is 0 Å². The van der Waals surface area contributed by atoms with Crippen LogP contribution < -0.4 is 10.2 Å². The van der Waals surface area contributed by atoms with Crippen molar-refractivity contribution in [1.29, 1.82) is 0 Å². The number of anilines is 1. The van der Waals surface area contributed by atoms with Crippen LogP contribution in [-0.2, 0) is 17.9 Å². The average Bonchev–Trinajstić information content (AvgIpc) is 3.09. The Labute approximate surface area is 146 Å². The number of aromatic nitrogens is 4. The van der Waals surface area contributed by atoms with Crippen LogP contribution in [0.1, 0.15) is 5.56 Å². The van der Waals surface area contributed by atoms with Crippen molar-refractivity contribution in [3.8, 4) is 11.4 Å². The van der Waals surface area contributed by atoms with E-state index < -0.39 is 0 Å². The molecule has 25 heavy (non-hydrogen) atoms. The van der Waals surface area contributed by atoms with Crippen LogP contribution in [-0.4, -0.2) is 40.2 Å². The van der Waals surface area contributed by atoms with E-state index in [4.69, 9.17) is 0 Å². The Morgan fingerprint density at radius 2 is 1.80 bits per heavy atom. The lowest BCUT2D eigenvalue weighted by Crippen LogP contribution is -2.28. The summed E-state index contributed by atoms with van der Waals surface area (Å²) in [6.07, 6.45) is 0. The maximum atomic E-state index is 12.1. The highest BCUT2D eigenvalue weighted by molar-refractivity contribution is 5.75. The normalized spacial score (nSPS) is 10.5. The first-order valence-corrected chi connectivity index (χ1v) is 7.98. The molecule has 0 saturated heterocycles. The Balaban J connectivity index is 1.53. The lowest BCUT2D eigenvalue weighted by atomic mass is 10.2. The van der Waals surface area contributed by atoms with Gasteiger partial charge in [-0.3, -0.25) is 4.79 Å². The van der Waals surface area contributed by atoms with E-state index in [1.807, 2.05) is 73.6 Å². The second kappa shape index (κ2) is 7.57. The van der Waals surface area contributed by atoms with Gasteiger partial charge in [-0.25, -0.2) is 0 Å². The SMILES string of the molecule is CN(C)c1ccc(CNC(=O)Cn2nnc(-c3ccccc3)n2)cc1. The van der Waals surface area contributed by atoms with Gasteiger partial charge in [-0.05, 0) is 22.9 Å². The Hall–Kier alpha value is -3.22. The topological polar surface area (TPSA) is 75.9 Å². The van der Waals surface area contributed by atoms with Gasteiger partial charge in [0.05, 0.1) is 0 Å². The molecular formula is C18H20N6O. The van der Waals surface area contributed by atoms with Crippen LogP contribution in [0.5, 0.6) is 0 Å². The van der Waals surface area contributed by atoms with Crippen molar-refractivity contribution < 1.29 is 4.79 Å². The van der Waals surface area contributed by atoms with E-state index >= 15 is 0 Å². The maximum Gasteiger partial charge on any atom is 0.243 e. The molecule has 7 heteroatoms. The standard InChI is InChI=1S/C18H20N6O/c1-23(2)16-10-8-14(9-11-16)12-19-17(25)13-24-21-18(20-22-24)15-6-4-3-5-7-15/h3-11H,12-13H2,1-2H3,(H,19,25). The zero-order valence-electron chi connectivity index (χ0n) is 14.3.